The standard InChI is InChI=1S/C22H21NO2S/c24-26(25,20-14-8-3-9-15-20)21-16-23(17-21)22(18-10-4-1-5-11-18)19-12-6-2-7-13-19/h1-15,21-22H,16-17H2. The summed E-state index contributed by atoms with van der Waals surface area (Å²) in [5.74, 6) is 0. The van der Waals surface area contributed by atoms with Crippen LogP contribution in [0.5, 0.6) is 0 Å². The smallest absolute Gasteiger partial charge is 0.183 e. The Bertz CT molecular complexity index is 911. The molecule has 0 aliphatic carbocycles. The van der Waals surface area contributed by atoms with E-state index in [1.54, 1.807) is 24.3 Å². The number of hydrogen-bond acceptors (Lipinski definition) is 3. The van der Waals surface area contributed by atoms with Gasteiger partial charge in [0, 0.05) is 13.1 Å². The maximum atomic E-state index is 12.8. The number of hydrogen-bond donors (Lipinski definition) is 0. The number of benzene rings is 3. The summed E-state index contributed by atoms with van der Waals surface area (Å²) in [5.41, 5.74) is 2.38. The van der Waals surface area contributed by atoms with Crippen molar-refractivity contribution < 1.29 is 8.42 Å². The van der Waals surface area contributed by atoms with E-state index < -0.39 is 9.84 Å². The van der Waals surface area contributed by atoms with Crippen LogP contribution in [0.15, 0.2) is 95.9 Å². The zero-order valence-corrected chi connectivity index (χ0v) is 15.2. The first kappa shape index (κ1) is 17.0. The highest BCUT2D eigenvalue weighted by Crippen LogP contribution is 2.35. The van der Waals surface area contributed by atoms with Gasteiger partial charge in [-0.3, -0.25) is 4.90 Å². The average molecular weight is 363 g/mol. The first-order valence-corrected chi connectivity index (χ1v) is 10.3. The molecule has 132 valence electrons. The van der Waals surface area contributed by atoms with Crippen LogP contribution in [0.4, 0.5) is 0 Å². The summed E-state index contributed by atoms with van der Waals surface area (Å²) in [7, 11) is -3.27. The molecule has 0 amide bonds. The number of sulfone groups is 1. The van der Waals surface area contributed by atoms with E-state index in [1.807, 2.05) is 42.5 Å². The quantitative estimate of drug-likeness (QED) is 0.689. The molecule has 4 rings (SSSR count). The average Bonchev–Trinajstić information content (AvgIpc) is 2.66. The number of likely N-dealkylation sites (tertiary alicyclic amines) is 1. The lowest BCUT2D eigenvalue weighted by Gasteiger charge is -2.44. The molecule has 1 aliphatic heterocycles. The van der Waals surface area contributed by atoms with Crippen LogP contribution >= 0.6 is 0 Å². The molecule has 4 heteroatoms. The lowest BCUT2D eigenvalue weighted by atomic mass is 9.94. The molecule has 3 aromatic carbocycles. The van der Waals surface area contributed by atoms with Gasteiger partial charge in [0.2, 0.25) is 0 Å². The Morgan fingerprint density at radius 1 is 0.692 bits per heavy atom. The summed E-state index contributed by atoms with van der Waals surface area (Å²) in [6, 6.07) is 29.4. The van der Waals surface area contributed by atoms with Crippen LogP contribution < -0.4 is 0 Å². The van der Waals surface area contributed by atoms with Crippen molar-refractivity contribution in [3.05, 3.63) is 102 Å². The second-order valence-corrected chi connectivity index (χ2v) is 8.89. The van der Waals surface area contributed by atoms with Gasteiger partial charge in [-0.2, -0.15) is 0 Å². The minimum absolute atomic E-state index is 0.0830. The second kappa shape index (κ2) is 7.06. The Morgan fingerprint density at radius 3 is 1.58 bits per heavy atom. The van der Waals surface area contributed by atoms with Crippen LogP contribution in [0.25, 0.3) is 0 Å². The molecule has 1 fully saturated rings. The van der Waals surface area contributed by atoms with Gasteiger partial charge in [0.05, 0.1) is 16.2 Å². The SMILES string of the molecule is O=S(=O)(c1ccccc1)C1CN(C(c2ccccc2)c2ccccc2)C1. The lowest BCUT2D eigenvalue weighted by molar-refractivity contribution is 0.144. The van der Waals surface area contributed by atoms with E-state index in [-0.39, 0.29) is 11.3 Å². The topological polar surface area (TPSA) is 37.4 Å². The minimum Gasteiger partial charge on any atom is -0.290 e. The highest BCUT2D eigenvalue weighted by atomic mass is 32.2. The third-order valence-corrected chi connectivity index (χ3v) is 7.09. The minimum atomic E-state index is -3.27. The monoisotopic (exact) mass is 363 g/mol. The van der Waals surface area contributed by atoms with Gasteiger partial charge in [-0.25, -0.2) is 8.42 Å². The van der Waals surface area contributed by atoms with Crippen LogP contribution in [0.1, 0.15) is 17.2 Å². The molecule has 26 heavy (non-hydrogen) atoms. The van der Waals surface area contributed by atoms with Crippen molar-refractivity contribution in [2.24, 2.45) is 0 Å². The van der Waals surface area contributed by atoms with Crippen LogP contribution in [-0.2, 0) is 9.84 Å². The van der Waals surface area contributed by atoms with Crippen LogP contribution in [-0.4, -0.2) is 31.7 Å². The summed E-state index contributed by atoms with van der Waals surface area (Å²) < 4.78 is 25.7. The molecule has 0 unspecified atom stereocenters. The fourth-order valence-electron chi connectivity index (χ4n) is 3.56. The fraction of sp³-hybridized carbons (Fsp3) is 0.182. The highest BCUT2D eigenvalue weighted by Gasteiger charge is 2.41. The maximum absolute atomic E-state index is 12.8. The normalized spacial score (nSPS) is 15.7. The third kappa shape index (κ3) is 3.18. The Labute approximate surface area is 154 Å². The van der Waals surface area contributed by atoms with E-state index in [0.717, 1.165) is 0 Å². The van der Waals surface area contributed by atoms with E-state index in [2.05, 4.69) is 29.2 Å². The summed E-state index contributed by atoms with van der Waals surface area (Å²) in [6.07, 6.45) is 0. The maximum Gasteiger partial charge on any atom is 0.183 e. The van der Waals surface area contributed by atoms with Gasteiger partial charge in [0.25, 0.3) is 0 Å². The predicted molar refractivity (Wildman–Crippen MR) is 104 cm³/mol. The molecule has 1 heterocycles. The second-order valence-electron chi connectivity index (χ2n) is 6.66. The van der Waals surface area contributed by atoms with Gasteiger partial charge in [-0.05, 0) is 23.3 Å². The molecular formula is C22H21NO2S. The van der Waals surface area contributed by atoms with E-state index in [9.17, 15) is 8.42 Å². The Balaban J connectivity index is 1.59. The molecule has 0 atom stereocenters. The highest BCUT2D eigenvalue weighted by molar-refractivity contribution is 7.92. The Morgan fingerprint density at radius 2 is 1.12 bits per heavy atom. The molecule has 3 nitrogen and oxygen atoms in total. The number of nitrogens with zero attached hydrogens (tertiary/aromatic N) is 1. The van der Waals surface area contributed by atoms with Crippen LogP contribution in [0.3, 0.4) is 0 Å². The zero-order valence-electron chi connectivity index (χ0n) is 14.4. The van der Waals surface area contributed by atoms with Gasteiger partial charge in [0.1, 0.15) is 0 Å². The predicted octanol–water partition coefficient (Wildman–Crippen LogP) is 3.93. The van der Waals surface area contributed by atoms with Gasteiger partial charge in [-0.1, -0.05) is 78.9 Å². The number of rotatable bonds is 5. The molecule has 1 aliphatic rings. The van der Waals surface area contributed by atoms with Crippen molar-refractivity contribution in [3.8, 4) is 0 Å². The third-order valence-electron chi connectivity index (χ3n) is 4.98. The molecule has 0 N–H and O–H groups in total. The van der Waals surface area contributed by atoms with Crippen molar-refractivity contribution in [1.82, 2.24) is 4.90 Å². The van der Waals surface area contributed by atoms with Gasteiger partial charge in [-0.15, -0.1) is 0 Å². The first-order chi connectivity index (χ1) is 12.7. The van der Waals surface area contributed by atoms with Gasteiger partial charge < -0.3 is 0 Å². The van der Waals surface area contributed by atoms with E-state index in [1.165, 1.54) is 11.1 Å². The Kier molecular flexibility index (Phi) is 4.62. The molecule has 1 saturated heterocycles. The van der Waals surface area contributed by atoms with Crippen molar-refractivity contribution in [1.29, 1.82) is 0 Å². The summed E-state index contributed by atoms with van der Waals surface area (Å²) >= 11 is 0. The van der Waals surface area contributed by atoms with Crippen molar-refractivity contribution >= 4 is 9.84 Å². The molecule has 0 saturated carbocycles. The summed E-state index contributed by atoms with van der Waals surface area (Å²) in [4.78, 5) is 2.66. The molecule has 0 aromatic heterocycles. The van der Waals surface area contributed by atoms with Gasteiger partial charge >= 0.3 is 0 Å². The van der Waals surface area contributed by atoms with E-state index in [0.29, 0.717) is 18.0 Å². The first-order valence-electron chi connectivity index (χ1n) is 8.79. The van der Waals surface area contributed by atoms with Crippen LogP contribution in [0.2, 0.25) is 0 Å². The zero-order chi connectivity index (χ0) is 18.0. The van der Waals surface area contributed by atoms with Crippen molar-refractivity contribution in [3.63, 3.8) is 0 Å². The summed E-state index contributed by atoms with van der Waals surface area (Å²) in [6.45, 7) is 1.09. The molecule has 0 radical (unpaired) electrons. The summed E-state index contributed by atoms with van der Waals surface area (Å²) in [5, 5.41) is -0.347. The molecular weight excluding hydrogens is 342 g/mol. The Hall–Kier alpha value is -2.43. The fourth-order valence-corrected chi connectivity index (χ4v) is 5.26. The lowest BCUT2D eigenvalue weighted by Crippen LogP contribution is -2.55. The van der Waals surface area contributed by atoms with Crippen LogP contribution in [0, 0.1) is 0 Å². The van der Waals surface area contributed by atoms with E-state index in [4.69, 9.17) is 0 Å². The van der Waals surface area contributed by atoms with Crippen molar-refractivity contribution in [2.75, 3.05) is 13.1 Å². The van der Waals surface area contributed by atoms with Crippen molar-refractivity contribution in [2.45, 2.75) is 16.2 Å². The molecule has 3 aromatic rings. The molecule has 0 spiro atoms. The largest absolute Gasteiger partial charge is 0.290 e. The van der Waals surface area contributed by atoms with E-state index >= 15 is 0 Å². The van der Waals surface area contributed by atoms with Gasteiger partial charge in [0.15, 0.2) is 9.84 Å². The molecule has 0 bridgehead atoms.